The average molecular weight is 394 g/mol. The maximum absolute atomic E-state index is 5.97. The van der Waals surface area contributed by atoms with Crippen molar-refractivity contribution >= 4 is 51.6 Å². The molecule has 0 saturated heterocycles. The van der Waals surface area contributed by atoms with E-state index >= 15 is 0 Å². The molecule has 0 aliphatic carbocycles. The Kier molecular flexibility index (Phi) is 4.29. The fraction of sp³-hybridized carbons (Fsp3) is 0.167. The van der Waals surface area contributed by atoms with Gasteiger partial charge < -0.3 is 5.73 Å². The number of aryl methyl sites for hydroxylation is 1. The Morgan fingerprint density at radius 2 is 1.78 bits per heavy atom. The van der Waals surface area contributed by atoms with E-state index in [0.29, 0.717) is 21.7 Å². The summed E-state index contributed by atoms with van der Waals surface area (Å²) in [6.07, 6.45) is 0.798. The van der Waals surface area contributed by atoms with Crippen molar-refractivity contribution < 1.29 is 0 Å². The second-order valence-electron chi connectivity index (χ2n) is 3.70. The smallest absolute Gasteiger partial charge is 0.161 e. The summed E-state index contributed by atoms with van der Waals surface area (Å²) in [6, 6.07) is 5.21. The molecule has 1 heterocycles. The van der Waals surface area contributed by atoms with Crippen molar-refractivity contribution in [3.63, 3.8) is 0 Å². The zero-order valence-corrected chi connectivity index (χ0v) is 13.2. The van der Waals surface area contributed by atoms with Crippen LogP contribution in [0.4, 0.5) is 5.82 Å². The molecule has 0 unspecified atom stereocenters. The minimum Gasteiger partial charge on any atom is -0.383 e. The Hall–Kier alpha value is -0.590. The molecule has 0 radical (unpaired) electrons. The molecule has 2 rings (SSSR count). The molecular weight excluding hydrogens is 384 g/mol. The van der Waals surface area contributed by atoms with Crippen LogP contribution in [0.5, 0.6) is 0 Å². The summed E-state index contributed by atoms with van der Waals surface area (Å²) in [4.78, 5) is 8.76. The Morgan fingerprint density at radius 3 is 2.33 bits per heavy atom. The molecule has 1 aromatic heterocycles. The summed E-state index contributed by atoms with van der Waals surface area (Å²) in [6.45, 7) is 2.03. The number of anilines is 1. The number of rotatable bonds is 2. The lowest BCUT2D eigenvalue weighted by atomic mass is 10.2. The van der Waals surface area contributed by atoms with Crippen molar-refractivity contribution in [1.82, 2.24) is 9.97 Å². The lowest BCUT2D eigenvalue weighted by Crippen LogP contribution is -2.04. The SMILES string of the molecule is CCc1nc(-c2cc(Cl)cc(Cl)c2)nc(N)c1I. The predicted octanol–water partition coefficient (Wildman–Crippen LogP) is 4.20. The van der Waals surface area contributed by atoms with Crippen LogP contribution in [0.3, 0.4) is 0 Å². The van der Waals surface area contributed by atoms with Gasteiger partial charge in [-0.3, -0.25) is 0 Å². The predicted molar refractivity (Wildman–Crippen MR) is 84.0 cm³/mol. The van der Waals surface area contributed by atoms with Gasteiger partial charge in [-0.15, -0.1) is 0 Å². The highest BCUT2D eigenvalue weighted by Gasteiger charge is 2.11. The first-order valence-corrected chi connectivity index (χ1v) is 7.13. The molecule has 6 heteroatoms. The van der Waals surface area contributed by atoms with Crippen LogP contribution in [0.25, 0.3) is 11.4 Å². The van der Waals surface area contributed by atoms with Crippen LogP contribution >= 0.6 is 45.8 Å². The van der Waals surface area contributed by atoms with Crippen molar-refractivity contribution in [1.29, 1.82) is 0 Å². The van der Waals surface area contributed by atoms with E-state index in [-0.39, 0.29) is 0 Å². The summed E-state index contributed by atoms with van der Waals surface area (Å²) >= 11 is 14.1. The van der Waals surface area contributed by atoms with Crippen LogP contribution in [0, 0.1) is 3.57 Å². The third kappa shape index (κ3) is 2.87. The second kappa shape index (κ2) is 5.59. The quantitative estimate of drug-likeness (QED) is 0.778. The Morgan fingerprint density at radius 1 is 1.17 bits per heavy atom. The van der Waals surface area contributed by atoms with Crippen LogP contribution in [-0.4, -0.2) is 9.97 Å². The largest absolute Gasteiger partial charge is 0.383 e. The van der Waals surface area contributed by atoms with Gasteiger partial charge in [-0.2, -0.15) is 0 Å². The molecule has 2 N–H and O–H groups in total. The first kappa shape index (κ1) is 13.8. The van der Waals surface area contributed by atoms with Crippen molar-refractivity contribution in [2.45, 2.75) is 13.3 Å². The van der Waals surface area contributed by atoms with Gasteiger partial charge in [0.1, 0.15) is 5.82 Å². The van der Waals surface area contributed by atoms with Gasteiger partial charge in [0, 0.05) is 15.6 Å². The number of nitrogens with two attached hydrogens (primary N) is 1. The summed E-state index contributed by atoms with van der Waals surface area (Å²) < 4.78 is 0.895. The van der Waals surface area contributed by atoms with E-state index in [1.807, 2.05) is 6.92 Å². The molecule has 0 amide bonds. The number of aromatic nitrogens is 2. The van der Waals surface area contributed by atoms with Gasteiger partial charge in [0.05, 0.1) is 9.26 Å². The molecule has 0 aliphatic heterocycles. The highest BCUT2D eigenvalue weighted by Crippen LogP contribution is 2.27. The van der Waals surface area contributed by atoms with Crippen molar-refractivity contribution in [3.05, 3.63) is 37.5 Å². The molecular formula is C12H10Cl2IN3. The molecule has 2 aromatic rings. The number of nitrogen functional groups attached to an aromatic ring is 1. The number of halogens is 3. The molecule has 3 nitrogen and oxygen atoms in total. The van der Waals surface area contributed by atoms with Crippen molar-refractivity contribution in [2.75, 3.05) is 5.73 Å². The van der Waals surface area contributed by atoms with Crippen LogP contribution in [0.2, 0.25) is 10.0 Å². The molecule has 0 bridgehead atoms. The van der Waals surface area contributed by atoms with E-state index < -0.39 is 0 Å². The maximum Gasteiger partial charge on any atom is 0.161 e. The van der Waals surface area contributed by atoms with Crippen LogP contribution in [0.15, 0.2) is 18.2 Å². The van der Waals surface area contributed by atoms with E-state index in [1.54, 1.807) is 18.2 Å². The molecule has 0 aliphatic rings. The molecule has 0 atom stereocenters. The molecule has 94 valence electrons. The van der Waals surface area contributed by atoms with Gasteiger partial charge in [-0.25, -0.2) is 9.97 Å². The first-order valence-electron chi connectivity index (χ1n) is 5.29. The third-order valence-corrected chi connectivity index (χ3v) is 4.01. The monoisotopic (exact) mass is 393 g/mol. The van der Waals surface area contributed by atoms with Crippen molar-refractivity contribution in [3.8, 4) is 11.4 Å². The lowest BCUT2D eigenvalue weighted by Gasteiger charge is -2.08. The van der Waals surface area contributed by atoms with Gasteiger partial charge in [-0.05, 0) is 47.2 Å². The topological polar surface area (TPSA) is 51.8 Å². The van der Waals surface area contributed by atoms with E-state index in [2.05, 4.69) is 32.6 Å². The Labute approximate surface area is 129 Å². The third-order valence-electron chi connectivity index (χ3n) is 2.40. The van der Waals surface area contributed by atoms with Gasteiger partial charge in [0.2, 0.25) is 0 Å². The minimum absolute atomic E-state index is 0.480. The number of nitrogens with zero attached hydrogens (tertiary/aromatic N) is 2. The number of hydrogen-bond donors (Lipinski definition) is 1. The Bertz CT molecular complexity index is 582. The molecule has 0 fully saturated rings. The second-order valence-corrected chi connectivity index (χ2v) is 5.66. The highest BCUT2D eigenvalue weighted by atomic mass is 127. The maximum atomic E-state index is 5.97. The van der Waals surface area contributed by atoms with E-state index in [9.17, 15) is 0 Å². The molecule has 0 spiro atoms. The van der Waals surface area contributed by atoms with Crippen molar-refractivity contribution in [2.24, 2.45) is 0 Å². The summed E-state index contributed by atoms with van der Waals surface area (Å²) in [5, 5.41) is 1.10. The standard InChI is InChI=1S/C12H10Cl2IN3/c1-2-9-10(15)11(16)18-12(17-9)6-3-7(13)5-8(14)4-6/h3-5H,2H2,1H3,(H2,16,17,18). The van der Waals surface area contributed by atoms with Crippen LogP contribution in [-0.2, 0) is 6.42 Å². The summed E-state index contributed by atoms with van der Waals surface area (Å²) in [5.74, 6) is 1.03. The zero-order valence-electron chi connectivity index (χ0n) is 9.54. The fourth-order valence-electron chi connectivity index (χ4n) is 1.56. The number of benzene rings is 1. The number of hydrogen-bond acceptors (Lipinski definition) is 3. The summed E-state index contributed by atoms with van der Waals surface area (Å²) in [5.41, 5.74) is 7.58. The normalized spacial score (nSPS) is 10.7. The van der Waals surface area contributed by atoms with Crippen LogP contribution < -0.4 is 5.73 Å². The average Bonchev–Trinajstić information content (AvgIpc) is 2.31. The molecule has 0 saturated carbocycles. The van der Waals surface area contributed by atoms with Gasteiger partial charge >= 0.3 is 0 Å². The van der Waals surface area contributed by atoms with E-state index in [4.69, 9.17) is 28.9 Å². The van der Waals surface area contributed by atoms with E-state index in [1.165, 1.54) is 0 Å². The van der Waals surface area contributed by atoms with Gasteiger partial charge in [-0.1, -0.05) is 30.1 Å². The van der Waals surface area contributed by atoms with Gasteiger partial charge in [0.15, 0.2) is 5.82 Å². The lowest BCUT2D eigenvalue weighted by molar-refractivity contribution is 0.994. The molecule has 1 aromatic carbocycles. The summed E-state index contributed by atoms with van der Waals surface area (Å²) in [7, 11) is 0. The Balaban J connectivity index is 2.60. The highest BCUT2D eigenvalue weighted by molar-refractivity contribution is 14.1. The fourth-order valence-corrected chi connectivity index (χ4v) is 2.71. The zero-order chi connectivity index (χ0) is 13.3. The minimum atomic E-state index is 0.480. The van der Waals surface area contributed by atoms with E-state index in [0.717, 1.165) is 21.2 Å². The molecule has 18 heavy (non-hydrogen) atoms. The first-order chi connectivity index (χ1) is 8.51. The van der Waals surface area contributed by atoms with Gasteiger partial charge in [0.25, 0.3) is 0 Å². The van der Waals surface area contributed by atoms with Crippen LogP contribution in [0.1, 0.15) is 12.6 Å².